The van der Waals surface area contributed by atoms with Crippen LogP contribution in [0.2, 0.25) is 5.02 Å². The summed E-state index contributed by atoms with van der Waals surface area (Å²) >= 11 is 5.54. The van der Waals surface area contributed by atoms with Crippen molar-refractivity contribution in [3.8, 4) is 0 Å². The predicted octanol–water partition coefficient (Wildman–Crippen LogP) is -2.29. The number of halogens is 1. The summed E-state index contributed by atoms with van der Waals surface area (Å²) in [6, 6.07) is 9.44. The summed E-state index contributed by atoms with van der Waals surface area (Å²) in [5.74, 6) is 0. The molecule has 4 heteroatoms. The first-order valence-corrected chi connectivity index (χ1v) is 2.95. The van der Waals surface area contributed by atoms with Crippen LogP contribution in [-0.2, 0) is 4.79 Å². The van der Waals surface area contributed by atoms with Gasteiger partial charge in [-0.2, -0.15) is 0 Å². The minimum Gasteiger partial charge on any atom is -0.554 e. The smallest absolute Gasteiger partial charge is 0.554 e. The Morgan fingerprint density at radius 1 is 1.27 bits per heavy atom. The van der Waals surface area contributed by atoms with Crippen molar-refractivity contribution in [3.63, 3.8) is 0 Å². The van der Waals surface area contributed by atoms with Crippen LogP contribution in [0.15, 0.2) is 30.3 Å². The molecule has 54 valence electrons. The van der Waals surface area contributed by atoms with E-state index in [9.17, 15) is 0 Å². The van der Waals surface area contributed by atoms with Crippen LogP contribution in [0.1, 0.15) is 0 Å². The van der Waals surface area contributed by atoms with Crippen LogP contribution in [0, 0.1) is 0 Å². The first-order valence-electron chi connectivity index (χ1n) is 2.57. The molecule has 0 saturated carbocycles. The van der Waals surface area contributed by atoms with Gasteiger partial charge in [-0.25, -0.2) is 0 Å². The van der Waals surface area contributed by atoms with Crippen molar-refractivity contribution in [3.05, 3.63) is 35.4 Å². The van der Waals surface area contributed by atoms with Crippen LogP contribution >= 0.6 is 11.6 Å². The second kappa shape index (κ2) is 10.6. The molecule has 0 unspecified atom stereocenters. The zero-order valence-electron chi connectivity index (χ0n) is 6.16. The first-order chi connectivity index (χ1) is 4.81. The van der Waals surface area contributed by atoms with Gasteiger partial charge in [0, 0.05) is 11.5 Å². The Labute approximate surface area is 113 Å². The third kappa shape index (κ3) is 10.6. The largest absolute Gasteiger partial charge is 1.00 e. The molecule has 11 heavy (non-hydrogen) atoms. The van der Waals surface area contributed by atoms with Gasteiger partial charge in [-0.1, -0.05) is 29.8 Å². The number of benzene rings is 1. The zero-order valence-corrected chi connectivity index (χ0v) is 10.0. The van der Waals surface area contributed by atoms with Crippen molar-refractivity contribution in [2.24, 2.45) is 0 Å². The van der Waals surface area contributed by atoms with Gasteiger partial charge in [-0.3, -0.25) is 0 Å². The fourth-order valence-electron chi connectivity index (χ4n) is 0.415. The quantitative estimate of drug-likeness (QED) is 0.346. The third-order valence-corrected chi connectivity index (χ3v) is 0.985. The standard InChI is InChI=1S/C6H5Cl.CH2O2.K/c7-6-4-2-1-3-5-6;2-1-3;/h1-5H;1H,(H,2,3);/q;;+1/p-1. The Kier molecular flexibility index (Phi) is 13.7. The second-order valence-corrected chi connectivity index (χ2v) is 1.83. The van der Waals surface area contributed by atoms with Crippen molar-refractivity contribution >= 4 is 18.1 Å². The topological polar surface area (TPSA) is 40.1 Å². The number of hydrogen-bond donors (Lipinski definition) is 0. The Balaban J connectivity index is 0. The summed E-state index contributed by atoms with van der Waals surface area (Å²) in [5.41, 5.74) is 0. The minimum absolute atomic E-state index is 0. The van der Waals surface area contributed by atoms with Crippen LogP contribution in [0.3, 0.4) is 0 Å². The number of carboxylic acid groups (broad SMARTS) is 1. The molecule has 0 fully saturated rings. The van der Waals surface area contributed by atoms with Crippen LogP contribution in [0.4, 0.5) is 0 Å². The SMILES string of the molecule is Clc1ccccc1.O=C[O-].[K+]. The van der Waals surface area contributed by atoms with E-state index in [1.807, 2.05) is 30.3 Å². The molecule has 0 amide bonds. The molecular formula is C7H6ClKO2. The maximum absolute atomic E-state index is 8.25. The van der Waals surface area contributed by atoms with Gasteiger partial charge in [0.15, 0.2) is 0 Å². The van der Waals surface area contributed by atoms with Gasteiger partial charge in [0.1, 0.15) is 0 Å². The molecule has 0 radical (unpaired) electrons. The monoisotopic (exact) mass is 196 g/mol. The van der Waals surface area contributed by atoms with Crippen LogP contribution in [0.5, 0.6) is 0 Å². The molecule has 0 heterocycles. The molecule has 1 aromatic rings. The summed E-state index contributed by atoms with van der Waals surface area (Å²) in [6.45, 7) is -0.500. The van der Waals surface area contributed by atoms with Crippen molar-refractivity contribution in [1.82, 2.24) is 0 Å². The maximum atomic E-state index is 8.25. The Morgan fingerprint density at radius 2 is 1.64 bits per heavy atom. The normalized spacial score (nSPS) is 6.64. The van der Waals surface area contributed by atoms with Gasteiger partial charge in [0.05, 0.1) is 0 Å². The fraction of sp³-hybridized carbons (Fsp3) is 0. The molecule has 0 bridgehead atoms. The van der Waals surface area contributed by atoms with Gasteiger partial charge in [-0.05, 0) is 12.1 Å². The van der Waals surface area contributed by atoms with E-state index in [-0.39, 0.29) is 51.4 Å². The number of carbonyl (C=O) groups excluding carboxylic acids is 1. The van der Waals surface area contributed by atoms with Crippen molar-refractivity contribution in [2.45, 2.75) is 0 Å². The zero-order chi connectivity index (χ0) is 7.82. The average molecular weight is 197 g/mol. The molecule has 0 aliphatic heterocycles. The van der Waals surface area contributed by atoms with Crippen LogP contribution in [0.25, 0.3) is 0 Å². The van der Waals surface area contributed by atoms with E-state index in [1.54, 1.807) is 0 Å². The van der Waals surface area contributed by atoms with E-state index in [0.717, 1.165) is 5.02 Å². The average Bonchev–Trinajstić information content (AvgIpc) is 1.91. The molecule has 0 aromatic heterocycles. The molecular weight excluding hydrogens is 191 g/mol. The molecule has 0 aliphatic carbocycles. The molecule has 0 N–H and O–H groups in total. The van der Waals surface area contributed by atoms with E-state index in [0.29, 0.717) is 0 Å². The van der Waals surface area contributed by atoms with Crippen molar-refractivity contribution in [1.29, 1.82) is 0 Å². The molecule has 1 aromatic carbocycles. The number of hydrogen-bond acceptors (Lipinski definition) is 2. The molecule has 0 aliphatic rings. The fourth-order valence-corrected chi connectivity index (χ4v) is 0.560. The van der Waals surface area contributed by atoms with Gasteiger partial charge >= 0.3 is 51.4 Å². The Bertz CT molecular complexity index is 179. The second-order valence-electron chi connectivity index (χ2n) is 1.39. The van der Waals surface area contributed by atoms with Gasteiger partial charge in [0.2, 0.25) is 0 Å². The Morgan fingerprint density at radius 3 is 1.82 bits per heavy atom. The number of carbonyl (C=O) groups is 1. The minimum atomic E-state index is -0.500. The predicted molar refractivity (Wildman–Crippen MR) is 37.5 cm³/mol. The maximum Gasteiger partial charge on any atom is 1.00 e. The van der Waals surface area contributed by atoms with Crippen LogP contribution in [-0.4, -0.2) is 6.47 Å². The van der Waals surface area contributed by atoms with Crippen LogP contribution < -0.4 is 56.5 Å². The van der Waals surface area contributed by atoms with E-state index in [2.05, 4.69) is 0 Å². The van der Waals surface area contributed by atoms with Gasteiger partial charge in [-0.15, -0.1) is 0 Å². The Hall–Kier alpha value is 0.616. The molecule has 0 spiro atoms. The molecule has 1 rings (SSSR count). The van der Waals surface area contributed by atoms with E-state index in [4.69, 9.17) is 21.5 Å². The summed E-state index contributed by atoms with van der Waals surface area (Å²) in [7, 11) is 0. The van der Waals surface area contributed by atoms with E-state index in [1.165, 1.54) is 0 Å². The van der Waals surface area contributed by atoms with E-state index >= 15 is 0 Å². The molecule has 0 atom stereocenters. The summed E-state index contributed by atoms with van der Waals surface area (Å²) < 4.78 is 0. The van der Waals surface area contributed by atoms with E-state index < -0.39 is 6.47 Å². The van der Waals surface area contributed by atoms with Crippen molar-refractivity contribution < 1.29 is 61.3 Å². The van der Waals surface area contributed by atoms with Crippen molar-refractivity contribution in [2.75, 3.05) is 0 Å². The van der Waals surface area contributed by atoms with Gasteiger partial charge in [0.25, 0.3) is 0 Å². The molecule has 2 nitrogen and oxygen atoms in total. The molecule has 0 saturated heterocycles. The first kappa shape index (κ1) is 14.2. The summed E-state index contributed by atoms with van der Waals surface area (Å²) in [4.78, 5) is 8.25. The van der Waals surface area contributed by atoms with Gasteiger partial charge < -0.3 is 9.90 Å². The summed E-state index contributed by atoms with van der Waals surface area (Å²) in [6.07, 6.45) is 0. The third-order valence-electron chi connectivity index (χ3n) is 0.733. The number of rotatable bonds is 0. The summed E-state index contributed by atoms with van der Waals surface area (Å²) in [5, 5.41) is 9.04.